The second kappa shape index (κ2) is 4.99. The second-order valence-corrected chi connectivity index (χ2v) is 2.71. The van der Waals surface area contributed by atoms with E-state index in [4.69, 9.17) is 25.7 Å². The van der Waals surface area contributed by atoms with Gasteiger partial charge < -0.3 is 30.3 Å². The van der Waals surface area contributed by atoms with Crippen molar-refractivity contribution in [1.29, 1.82) is 5.26 Å². The third kappa shape index (κ3) is 2.25. The van der Waals surface area contributed by atoms with Gasteiger partial charge in [-0.05, 0) is 0 Å². The highest BCUT2D eigenvalue weighted by atomic mass is 16.4. The molecule has 14 heavy (non-hydrogen) atoms. The van der Waals surface area contributed by atoms with Gasteiger partial charge in [-0.2, -0.15) is 5.26 Å². The summed E-state index contributed by atoms with van der Waals surface area (Å²) in [6.45, 7) is -0.920. The van der Waals surface area contributed by atoms with Crippen LogP contribution in [0.15, 0.2) is 0 Å². The Morgan fingerprint density at radius 1 is 1.43 bits per heavy atom. The molecule has 0 amide bonds. The lowest BCUT2D eigenvalue weighted by molar-refractivity contribution is -0.158. The van der Waals surface area contributed by atoms with E-state index in [2.05, 4.69) is 0 Å². The number of hydrogen-bond donors (Lipinski definition) is 5. The highest BCUT2D eigenvalue weighted by Crippen LogP contribution is 2.17. The van der Waals surface area contributed by atoms with Crippen molar-refractivity contribution in [1.82, 2.24) is 0 Å². The molecular formula is C7H11NO6. The van der Waals surface area contributed by atoms with E-state index in [1.54, 1.807) is 0 Å². The summed E-state index contributed by atoms with van der Waals surface area (Å²) < 4.78 is 0. The minimum absolute atomic E-state index is 0.156. The van der Waals surface area contributed by atoms with Crippen LogP contribution in [0.1, 0.15) is 0 Å². The lowest BCUT2D eigenvalue weighted by Gasteiger charge is -2.30. The van der Waals surface area contributed by atoms with Crippen LogP contribution in [0.3, 0.4) is 0 Å². The number of hydrogen-bond acceptors (Lipinski definition) is 7. The molecule has 0 aromatic heterocycles. The van der Waals surface area contributed by atoms with Gasteiger partial charge in [-0.1, -0.05) is 0 Å². The number of carbonyl (C=O) groups is 1. The fourth-order valence-corrected chi connectivity index (χ4v) is 0.804. The highest BCUT2D eigenvalue weighted by molar-refractivity contribution is 5.59. The van der Waals surface area contributed by atoms with Gasteiger partial charge in [0.05, 0.1) is 6.61 Å². The van der Waals surface area contributed by atoms with Crippen LogP contribution in [-0.4, -0.2) is 62.3 Å². The maximum atomic E-state index is 10.1. The molecular weight excluding hydrogens is 194 g/mol. The van der Waals surface area contributed by atoms with E-state index in [0.29, 0.717) is 0 Å². The van der Waals surface area contributed by atoms with Gasteiger partial charge in [-0.25, -0.2) is 0 Å². The van der Waals surface area contributed by atoms with E-state index >= 15 is 0 Å². The molecule has 0 rings (SSSR count). The summed E-state index contributed by atoms with van der Waals surface area (Å²) in [4.78, 5) is 10.1. The van der Waals surface area contributed by atoms with E-state index in [0.717, 1.165) is 6.07 Å². The third-order valence-corrected chi connectivity index (χ3v) is 1.76. The van der Waals surface area contributed by atoms with Crippen molar-refractivity contribution in [2.75, 3.05) is 6.61 Å². The summed E-state index contributed by atoms with van der Waals surface area (Å²) in [7, 11) is 0. The lowest BCUT2D eigenvalue weighted by atomic mass is 9.89. The summed E-state index contributed by atoms with van der Waals surface area (Å²) in [5.41, 5.74) is -2.83. The van der Waals surface area contributed by atoms with Crippen LogP contribution < -0.4 is 0 Å². The molecule has 0 aromatic carbocycles. The smallest absolute Gasteiger partial charge is 0.212 e. The van der Waals surface area contributed by atoms with E-state index in [-0.39, 0.29) is 6.29 Å². The first-order valence-electron chi connectivity index (χ1n) is 3.68. The lowest BCUT2D eigenvalue weighted by Crippen LogP contribution is -2.57. The van der Waals surface area contributed by atoms with Crippen LogP contribution in [0.25, 0.3) is 0 Å². The van der Waals surface area contributed by atoms with Crippen LogP contribution in [0.5, 0.6) is 0 Å². The largest absolute Gasteiger partial charge is 0.394 e. The minimum Gasteiger partial charge on any atom is -0.394 e. The molecule has 0 aliphatic rings. The number of nitriles is 1. The predicted octanol–water partition coefficient (Wildman–Crippen LogP) is -3.49. The zero-order valence-electron chi connectivity index (χ0n) is 7.11. The molecule has 0 heterocycles. The van der Waals surface area contributed by atoms with Crippen LogP contribution in [0.4, 0.5) is 0 Å². The van der Waals surface area contributed by atoms with Crippen molar-refractivity contribution in [3.63, 3.8) is 0 Å². The predicted molar refractivity (Wildman–Crippen MR) is 41.7 cm³/mol. The van der Waals surface area contributed by atoms with Crippen molar-refractivity contribution < 1.29 is 30.3 Å². The Morgan fingerprint density at radius 2 is 1.93 bits per heavy atom. The zero-order valence-corrected chi connectivity index (χ0v) is 7.11. The van der Waals surface area contributed by atoms with E-state index in [1.165, 1.54) is 0 Å². The van der Waals surface area contributed by atoms with Crippen molar-refractivity contribution in [2.24, 2.45) is 0 Å². The molecule has 0 aromatic rings. The summed E-state index contributed by atoms with van der Waals surface area (Å²) in [6.07, 6.45) is -6.29. The molecule has 0 aliphatic carbocycles. The Bertz CT molecular complexity index is 239. The Hall–Kier alpha value is -1.04. The van der Waals surface area contributed by atoms with Crippen molar-refractivity contribution in [3.8, 4) is 6.07 Å². The number of aliphatic hydroxyl groups is 5. The maximum absolute atomic E-state index is 10.1. The Labute approximate surface area is 79.5 Å². The highest BCUT2D eigenvalue weighted by Gasteiger charge is 2.46. The van der Waals surface area contributed by atoms with Crippen LogP contribution in [0, 0.1) is 11.3 Å². The van der Waals surface area contributed by atoms with Gasteiger partial charge in [0, 0.05) is 0 Å². The van der Waals surface area contributed by atoms with E-state index in [9.17, 15) is 9.90 Å². The molecule has 0 bridgehead atoms. The molecule has 7 nitrogen and oxygen atoms in total. The molecule has 0 saturated heterocycles. The number of nitrogens with zero attached hydrogens (tertiary/aromatic N) is 1. The number of rotatable bonds is 5. The van der Waals surface area contributed by atoms with E-state index in [1.807, 2.05) is 0 Å². The molecule has 0 fully saturated rings. The molecule has 7 heteroatoms. The van der Waals surface area contributed by atoms with Gasteiger partial charge >= 0.3 is 0 Å². The second-order valence-electron chi connectivity index (χ2n) is 2.71. The van der Waals surface area contributed by atoms with Crippen molar-refractivity contribution >= 4 is 6.29 Å². The normalized spacial score (nSPS) is 21.4. The van der Waals surface area contributed by atoms with Crippen LogP contribution >= 0.6 is 0 Å². The minimum atomic E-state index is -2.83. The quantitative estimate of drug-likeness (QED) is 0.231. The van der Waals surface area contributed by atoms with Gasteiger partial charge in [-0.3, -0.25) is 0 Å². The first-order valence-corrected chi connectivity index (χ1v) is 3.68. The average molecular weight is 205 g/mol. The van der Waals surface area contributed by atoms with Gasteiger partial charge in [0.2, 0.25) is 5.60 Å². The molecule has 0 spiro atoms. The number of aliphatic hydroxyl groups excluding tert-OH is 4. The van der Waals surface area contributed by atoms with Gasteiger partial charge in [0.25, 0.3) is 0 Å². The molecule has 0 radical (unpaired) electrons. The van der Waals surface area contributed by atoms with Crippen molar-refractivity contribution in [3.05, 3.63) is 0 Å². The average Bonchev–Trinajstić information content (AvgIpc) is 2.24. The summed E-state index contributed by atoms with van der Waals surface area (Å²) in [6, 6.07) is 1.10. The van der Waals surface area contributed by atoms with Crippen LogP contribution in [0.2, 0.25) is 0 Å². The zero-order chi connectivity index (χ0) is 11.4. The summed E-state index contributed by atoms with van der Waals surface area (Å²) >= 11 is 0. The Morgan fingerprint density at radius 3 is 2.21 bits per heavy atom. The summed E-state index contributed by atoms with van der Waals surface area (Å²) in [5.74, 6) is 0. The molecule has 0 saturated carbocycles. The Balaban J connectivity index is 4.86. The van der Waals surface area contributed by atoms with Gasteiger partial charge in [-0.15, -0.1) is 0 Å². The fraction of sp³-hybridized carbons (Fsp3) is 0.714. The van der Waals surface area contributed by atoms with Gasteiger partial charge in [0.15, 0.2) is 12.4 Å². The topological polar surface area (TPSA) is 142 Å². The van der Waals surface area contributed by atoms with E-state index < -0.39 is 30.5 Å². The molecule has 5 N–H and O–H groups in total. The summed E-state index contributed by atoms with van der Waals surface area (Å²) in [5, 5.41) is 53.1. The fourth-order valence-electron chi connectivity index (χ4n) is 0.804. The molecule has 4 atom stereocenters. The third-order valence-electron chi connectivity index (χ3n) is 1.76. The standard InChI is InChI=1S/C7H11NO6/c8-3-7(14,5(12)2-10)6(13)4(11)1-9/h2,4-6,9,11-14H,1H2/t4-,5+,6-,7-/m1/s1. The SMILES string of the molecule is N#C[C@](O)([C@H](O)[C@H](O)CO)[C@@H](O)C=O. The molecule has 0 aliphatic heterocycles. The van der Waals surface area contributed by atoms with Crippen LogP contribution in [-0.2, 0) is 4.79 Å². The monoisotopic (exact) mass is 205 g/mol. The molecule has 0 unspecified atom stereocenters. The Kier molecular flexibility index (Phi) is 4.62. The van der Waals surface area contributed by atoms with Gasteiger partial charge in [0.1, 0.15) is 18.3 Å². The first-order chi connectivity index (χ1) is 6.43. The number of aldehydes is 1. The first kappa shape index (κ1) is 13.0. The van der Waals surface area contributed by atoms with Crippen molar-refractivity contribution in [2.45, 2.75) is 23.9 Å². The maximum Gasteiger partial charge on any atom is 0.212 e. The molecule has 80 valence electrons. The number of carbonyl (C=O) groups excluding carboxylic acids is 1.